The molecule has 18 heavy (non-hydrogen) atoms. The van der Waals surface area contributed by atoms with Gasteiger partial charge < -0.3 is 5.32 Å². The monoisotopic (exact) mass is 238 g/mol. The minimum Gasteiger partial charge on any atom is -0.366 e. The van der Waals surface area contributed by atoms with E-state index < -0.39 is 0 Å². The van der Waals surface area contributed by atoms with Crippen molar-refractivity contribution in [3.63, 3.8) is 0 Å². The Balaban J connectivity index is 1.79. The van der Waals surface area contributed by atoms with Crippen molar-refractivity contribution in [2.24, 2.45) is 0 Å². The summed E-state index contributed by atoms with van der Waals surface area (Å²) in [6.45, 7) is 2.69. The zero-order chi connectivity index (χ0) is 12.4. The molecule has 0 aliphatic heterocycles. The van der Waals surface area contributed by atoms with E-state index in [4.69, 9.17) is 0 Å². The molecule has 0 bridgehead atoms. The van der Waals surface area contributed by atoms with Gasteiger partial charge in [0.15, 0.2) is 0 Å². The van der Waals surface area contributed by atoms with Crippen molar-refractivity contribution in [1.29, 1.82) is 0 Å². The van der Waals surface area contributed by atoms with Gasteiger partial charge in [-0.25, -0.2) is 4.68 Å². The number of hydrogen-bond acceptors (Lipinski definition) is 3. The third kappa shape index (κ3) is 2.05. The average Bonchev–Trinajstić information content (AvgIpc) is 2.82. The van der Waals surface area contributed by atoms with E-state index in [1.54, 1.807) is 0 Å². The number of hydrogen-bond donors (Lipinski definition) is 1. The summed E-state index contributed by atoms with van der Waals surface area (Å²) in [6, 6.07) is 16.2. The van der Waals surface area contributed by atoms with Crippen LogP contribution in [0, 0.1) is 6.92 Å². The van der Waals surface area contributed by atoms with Gasteiger partial charge in [0, 0.05) is 5.69 Å². The van der Waals surface area contributed by atoms with Crippen molar-refractivity contribution in [2.75, 3.05) is 5.32 Å². The first kappa shape index (κ1) is 10.8. The molecule has 0 amide bonds. The quantitative estimate of drug-likeness (QED) is 0.763. The Kier molecular flexibility index (Phi) is 2.68. The van der Waals surface area contributed by atoms with Gasteiger partial charge in [-0.2, -0.15) is 0 Å². The maximum atomic E-state index is 4.13. The topological polar surface area (TPSA) is 42.7 Å². The molecule has 1 heterocycles. The fourth-order valence-electron chi connectivity index (χ4n) is 1.87. The van der Waals surface area contributed by atoms with Gasteiger partial charge in [-0.15, -0.1) is 5.10 Å². The molecule has 0 fully saturated rings. The number of para-hydroxylation sites is 1. The molecular weight excluding hydrogens is 224 g/mol. The molecule has 0 saturated heterocycles. The summed E-state index contributed by atoms with van der Waals surface area (Å²) >= 11 is 0. The van der Waals surface area contributed by atoms with Crippen LogP contribution < -0.4 is 5.32 Å². The summed E-state index contributed by atoms with van der Waals surface area (Å²) in [6.07, 6.45) is 0. The van der Waals surface area contributed by atoms with Crippen LogP contribution in [0.2, 0.25) is 0 Å². The van der Waals surface area contributed by atoms with Crippen LogP contribution in [0.1, 0.15) is 5.56 Å². The average molecular weight is 238 g/mol. The number of fused-ring (bicyclic) bond motifs is 1. The number of aryl methyl sites for hydroxylation is 1. The normalized spacial score (nSPS) is 10.7. The highest BCUT2D eigenvalue weighted by molar-refractivity contribution is 5.73. The van der Waals surface area contributed by atoms with Crippen molar-refractivity contribution < 1.29 is 0 Å². The predicted molar refractivity (Wildman–Crippen MR) is 72.3 cm³/mol. The van der Waals surface area contributed by atoms with E-state index in [2.05, 4.69) is 46.8 Å². The highest BCUT2D eigenvalue weighted by atomic mass is 15.4. The SMILES string of the molecule is Cc1ccc(NCn2nnc3ccccc32)cc1. The summed E-state index contributed by atoms with van der Waals surface area (Å²) in [7, 11) is 0. The molecule has 1 N–H and O–H groups in total. The fraction of sp³-hybridized carbons (Fsp3) is 0.143. The zero-order valence-electron chi connectivity index (χ0n) is 10.2. The summed E-state index contributed by atoms with van der Waals surface area (Å²) in [4.78, 5) is 0. The second kappa shape index (κ2) is 4.49. The molecular formula is C14H14N4. The van der Waals surface area contributed by atoms with Crippen molar-refractivity contribution >= 4 is 16.7 Å². The van der Waals surface area contributed by atoms with Gasteiger partial charge in [-0.05, 0) is 31.2 Å². The van der Waals surface area contributed by atoms with Crippen molar-refractivity contribution in [3.05, 3.63) is 54.1 Å². The third-order valence-corrected chi connectivity index (χ3v) is 2.90. The lowest BCUT2D eigenvalue weighted by Gasteiger charge is -2.07. The number of nitrogens with one attached hydrogen (secondary N) is 1. The van der Waals surface area contributed by atoms with E-state index in [0.717, 1.165) is 16.7 Å². The number of nitrogens with zero attached hydrogens (tertiary/aromatic N) is 3. The van der Waals surface area contributed by atoms with Crippen molar-refractivity contribution in [2.45, 2.75) is 13.6 Å². The highest BCUT2D eigenvalue weighted by Crippen LogP contribution is 2.12. The minimum absolute atomic E-state index is 0.615. The van der Waals surface area contributed by atoms with Gasteiger partial charge in [0.2, 0.25) is 0 Å². The predicted octanol–water partition coefficient (Wildman–Crippen LogP) is 2.81. The van der Waals surface area contributed by atoms with E-state index in [-0.39, 0.29) is 0 Å². The van der Waals surface area contributed by atoms with E-state index in [9.17, 15) is 0 Å². The smallest absolute Gasteiger partial charge is 0.113 e. The molecule has 4 heteroatoms. The Morgan fingerprint density at radius 3 is 2.67 bits per heavy atom. The van der Waals surface area contributed by atoms with Gasteiger partial charge >= 0.3 is 0 Å². The first-order valence-corrected chi connectivity index (χ1v) is 5.92. The van der Waals surface area contributed by atoms with Gasteiger partial charge in [-0.3, -0.25) is 0 Å². The molecule has 4 nitrogen and oxygen atoms in total. The van der Waals surface area contributed by atoms with Crippen LogP contribution in [0.25, 0.3) is 11.0 Å². The first-order valence-electron chi connectivity index (χ1n) is 5.92. The number of anilines is 1. The number of aromatic nitrogens is 3. The molecule has 3 rings (SSSR count). The number of rotatable bonds is 3. The van der Waals surface area contributed by atoms with Crippen molar-refractivity contribution in [3.8, 4) is 0 Å². The van der Waals surface area contributed by atoms with Crippen molar-refractivity contribution in [1.82, 2.24) is 15.0 Å². The highest BCUT2D eigenvalue weighted by Gasteiger charge is 2.02. The first-order chi connectivity index (χ1) is 8.83. The van der Waals surface area contributed by atoms with E-state index >= 15 is 0 Å². The van der Waals surface area contributed by atoms with Gasteiger partial charge in [0.1, 0.15) is 12.2 Å². The van der Waals surface area contributed by atoms with Gasteiger partial charge in [-0.1, -0.05) is 35.0 Å². The van der Waals surface area contributed by atoms with Crippen LogP contribution in [-0.2, 0) is 6.67 Å². The molecule has 0 atom stereocenters. The molecule has 0 unspecified atom stereocenters. The molecule has 1 aromatic heterocycles. The summed E-state index contributed by atoms with van der Waals surface area (Å²) in [5, 5.41) is 11.6. The Hall–Kier alpha value is -2.36. The summed E-state index contributed by atoms with van der Waals surface area (Å²) < 4.78 is 1.86. The maximum absolute atomic E-state index is 4.13. The van der Waals surface area contributed by atoms with Crippen LogP contribution in [-0.4, -0.2) is 15.0 Å². The molecule has 0 aliphatic carbocycles. The molecule has 3 aromatic rings. The summed E-state index contributed by atoms with van der Waals surface area (Å²) in [5.74, 6) is 0. The fourth-order valence-corrected chi connectivity index (χ4v) is 1.87. The lowest BCUT2D eigenvalue weighted by atomic mass is 10.2. The lowest BCUT2D eigenvalue weighted by Crippen LogP contribution is -2.09. The Morgan fingerprint density at radius 2 is 1.83 bits per heavy atom. The Bertz CT molecular complexity index is 655. The summed E-state index contributed by atoms with van der Waals surface area (Å²) in [5.41, 5.74) is 4.30. The van der Waals surface area contributed by atoms with E-state index in [1.165, 1.54) is 5.56 Å². The van der Waals surface area contributed by atoms with Crippen LogP contribution in [0.15, 0.2) is 48.5 Å². The molecule has 0 aliphatic rings. The second-order valence-corrected chi connectivity index (χ2v) is 4.28. The van der Waals surface area contributed by atoms with E-state index in [0.29, 0.717) is 6.67 Å². The Morgan fingerprint density at radius 1 is 1.06 bits per heavy atom. The molecule has 90 valence electrons. The van der Waals surface area contributed by atoms with Gasteiger partial charge in [0.05, 0.1) is 5.52 Å². The molecule has 0 saturated carbocycles. The molecule has 0 spiro atoms. The minimum atomic E-state index is 0.615. The molecule has 0 radical (unpaired) electrons. The molecule has 2 aromatic carbocycles. The zero-order valence-corrected chi connectivity index (χ0v) is 10.2. The van der Waals surface area contributed by atoms with Crippen LogP contribution in [0.5, 0.6) is 0 Å². The van der Waals surface area contributed by atoms with E-state index in [1.807, 2.05) is 28.9 Å². The Labute approximate surface area is 105 Å². The van der Waals surface area contributed by atoms with Gasteiger partial charge in [0.25, 0.3) is 0 Å². The van der Waals surface area contributed by atoms with Crippen LogP contribution in [0.4, 0.5) is 5.69 Å². The lowest BCUT2D eigenvalue weighted by molar-refractivity contribution is 0.655. The largest absolute Gasteiger partial charge is 0.366 e. The number of benzene rings is 2. The second-order valence-electron chi connectivity index (χ2n) is 4.28. The van der Waals surface area contributed by atoms with Crippen LogP contribution >= 0.6 is 0 Å². The van der Waals surface area contributed by atoms with Crippen LogP contribution in [0.3, 0.4) is 0 Å². The standard InChI is InChI=1S/C14H14N4/c1-11-6-8-12(9-7-11)15-10-18-14-5-3-2-4-13(14)16-17-18/h2-9,15H,10H2,1H3. The third-order valence-electron chi connectivity index (χ3n) is 2.90. The maximum Gasteiger partial charge on any atom is 0.113 e.